The summed E-state index contributed by atoms with van der Waals surface area (Å²) in [6, 6.07) is 1.32. The molecule has 0 amide bonds. The van der Waals surface area contributed by atoms with Gasteiger partial charge in [0.25, 0.3) is 0 Å². The monoisotopic (exact) mass is 181 g/mol. The van der Waals surface area contributed by atoms with E-state index in [0.717, 1.165) is 0 Å². The molecule has 0 aliphatic rings. The van der Waals surface area contributed by atoms with Gasteiger partial charge in [-0.05, 0) is 6.07 Å². The second-order valence-electron chi connectivity index (χ2n) is 2.21. The van der Waals surface area contributed by atoms with E-state index in [-0.39, 0.29) is 17.0 Å². The smallest absolute Gasteiger partial charge is 0.341 e. The first-order valence-corrected chi connectivity index (χ1v) is 3.42. The van der Waals surface area contributed by atoms with Gasteiger partial charge in [0.1, 0.15) is 5.56 Å². The number of aldehydes is 1. The lowest BCUT2D eigenvalue weighted by Crippen LogP contribution is -2.06. The molecule has 1 heterocycles. The molecule has 1 aromatic heterocycles. The lowest BCUT2D eigenvalue weighted by molar-refractivity contribution is 0.0689. The summed E-state index contributed by atoms with van der Waals surface area (Å²) in [6.45, 7) is 0. The number of carboxylic acids is 1. The Bertz CT molecular complexity index is 348. The Hall–Kier alpha value is -1.91. The standard InChI is InChI=1S/C8H7NO4/c1-13-7-6(8(11)12)5(4-10)2-3-9-7/h2-4H,1H3,(H,11,12). The average Bonchev–Trinajstić information content (AvgIpc) is 2.16. The van der Waals surface area contributed by atoms with Gasteiger partial charge in [0.05, 0.1) is 7.11 Å². The number of carboxylic acid groups (broad SMARTS) is 1. The Kier molecular flexibility index (Phi) is 2.59. The lowest BCUT2D eigenvalue weighted by Gasteiger charge is -2.04. The van der Waals surface area contributed by atoms with E-state index in [1.165, 1.54) is 19.4 Å². The molecule has 0 aliphatic carbocycles. The molecule has 0 unspecified atom stereocenters. The van der Waals surface area contributed by atoms with Gasteiger partial charge in [-0.3, -0.25) is 4.79 Å². The molecule has 1 rings (SSSR count). The largest absolute Gasteiger partial charge is 0.480 e. The summed E-state index contributed by atoms with van der Waals surface area (Å²) >= 11 is 0. The number of hydrogen-bond donors (Lipinski definition) is 1. The van der Waals surface area contributed by atoms with E-state index in [9.17, 15) is 9.59 Å². The van der Waals surface area contributed by atoms with Crippen LogP contribution >= 0.6 is 0 Å². The number of carbonyl (C=O) groups excluding carboxylic acids is 1. The maximum atomic E-state index is 10.7. The SMILES string of the molecule is COc1nccc(C=O)c1C(=O)O. The Labute approximate surface area is 74.0 Å². The van der Waals surface area contributed by atoms with Gasteiger partial charge in [-0.2, -0.15) is 0 Å². The van der Waals surface area contributed by atoms with Crippen LogP contribution in [0.15, 0.2) is 12.3 Å². The van der Waals surface area contributed by atoms with Crippen molar-refractivity contribution in [3.05, 3.63) is 23.4 Å². The van der Waals surface area contributed by atoms with Crippen molar-refractivity contribution >= 4 is 12.3 Å². The van der Waals surface area contributed by atoms with E-state index in [2.05, 4.69) is 4.98 Å². The summed E-state index contributed by atoms with van der Waals surface area (Å²) in [5.74, 6) is -1.29. The molecule has 5 nitrogen and oxygen atoms in total. The van der Waals surface area contributed by atoms with Crippen molar-refractivity contribution in [3.63, 3.8) is 0 Å². The van der Waals surface area contributed by atoms with Gasteiger partial charge >= 0.3 is 5.97 Å². The van der Waals surface area contributed by atoms with Crippen molar-refractivity contribution in [1.82, 2.24) is 4.98 Å². The zero-order valence-corrected chi connectivity index (χ0v) is 6.85. The topological polar surface area (TPSA) is 76.5 Å². The Balaban J connectivity index is 3.38. The number of carbonyl (C=O) groups is 2. The van der Waals surface area contributed by atoms with Gasteiger partial charge in [-0.25, -0.2) is 9.78 Å². The minimum atomic E-state index is -1.23. The van der Waals surface area contributed by atoms with E-state index < -0.39 is 5.97 Å². The van der Waals surface area contributed by atoms with E-state index in [4.69, 9.17) is 9.84 Å². The molecule has 13 heavy (non-hydrogen) atoms. The van der Waals surface area contributed by atoms with Crippen LogP contribution in [0, 0.1) is 0 Å². The average molecular weight is 181 g/mol. The van der Waals surface area contributed by atoms with E-state index in [1.54, 1.807) is 0 Å². The van der Waals surface area contributed by atoms with Gasteiger partial charge in [0.2, 0.25) is 5.88 Å². The highest BCUT2D eigenvalue weighted by Gasteiger charge is 2.16. The lowest BCUT2D eigenvalue weighted by atomic mass is 10.1. The summed E-state index contributed by atoms with van der Waals surface area (Å²) in [5, 5.41) is 8.73. The number of methoxy groups -OCH3 is 1. The quantitative estimate of drug-likeness (QED) is 0.691. The molecule has 1 aromatic rings. The number of nitrogens with zero attached hydrogens (tertiary/aromatic N) is 1. The third-order valence-electron chi connectivity index (χ3n) is 1.48. The Morgan fingerprint density at radius 1 is 1.69 bits per heavy atom. The molecule has 0 aromatic carbocycles. The van der Waals surface area contributed by atoms with Gasteiger partial charge in [0.15, 0.2) is 6.29 Å². The van der Waals surface area contributed by atoms with Crippen molar-refractivity contribution in [2.75, 3.05) is 7.11 Å². The zero-order valence-electron chi connectivity index (χ0n) is 6.85. The Morgan fingerprint density at radius 2 is 2.38 bits per heavy atom. The number of ether oxygens (including phenoxy) is 1. The van der Waals surface area contributed by atoms with Gasteiger partial charge in [0, 0.05) is 11.8 Å². The minimum absolute atomic E-state index is 0.0550. The fourth-order valence-corrected chi connectivity index (χ4v) is 0.925. The van der Waals surface area contributed by atoms with Gasteiger partial charge in [-0.1, -0.05) is 0 Å². The number of aromatic nitrogens is 1. The Morgan fingerprint density at radius 3 is 2.85 bits per heavy atom. The molecule has 5 heteroatoms. The van der Waals surface area contributed by atoms with Crippen molar-refractivity contribution < 1.29 is 19.4 Å². The van der Waals surface area contributed by atoms with Gasteiger partial charge < -0.3 is 9.84 Å². The van der Waals surface area contributed by atoms with Crippen LogP contribution in [0.1, 0.15) is 20.7 Å². The first kappa shape index (κ1) is 9.18. The molecule has 0 radical (unpaired) electrons. The van der Waals surface area contributed by atoms with Crippen molar-refractivity contribution in [1.29, 1.82) is 0 Å². The number of aromatic carboxylic acids is 1. The van der Waals surface area contributed by atoms with E-state index in [0.29, 0.717) is 6.29 Å². The zero-order chi connectivity index (χ0) is 9.84. The molecule has 68 valence electrons. The van der Waals surface area contributed by atoms with E-state index >= 15 is 0 Å². The highest BCUT2D eigenvalue weighted by Crippen LogP contribution is 2.17. The number of rotatable bonds is 3. The highest BCUT2D eigenvalue weighted by molar-refractivity contribution is 5.99. The summed E-state index contributed by atoms with van der Waals surface area (Å²) in [4.78, 5) is 24.8. The molecular formula is C8H7NO4. The second kappa shape index (κ2) is 3.66. The summed E-state index contributed by atoms with van der Waals surface area (Å²) in [7, 11) is 1.29. The molecule has 0 saturated heterocycles. The third-order valence-corrected chi connectivity index (χ3v) is 1.48. The molecule has 0 bridgehead atoms. The minimum Gasteiger partial charge on any atom is -0.480 e. The van der Waals surface area contributed by atoms with Crippen LogP contribution in [0.3, 0.4) is 0 Å². The molecule has 0 spiro atoms. The van der Waals surface area contributed by atoms with Crippen molar-refractivity contribution in [3.8, 4) is 5.88 Å². The van der Waals surface area contributed by atoms with Crippen LogP contribution < -0.4 is 4.74 Å². The molecule has 0 saturated carbocycles. The fourth-order valence-electron chi connectivity index (χ4n) is 0.925. The third kappa shape index (κ3) is 1.64. The summed E-state index contributed by atoms with van der Waals surface area (Å²) < 4.78 is 4.70. The fraction of sp³-hybridized carbons (Fsp3) is 0.125. The number of hydrogen-bond acceptors (Lipinski definition) is 4. The molecule has 0 fully saturated rings. The van der Waals surface area contributed by atoms with Crippen LogP contribution in [-0.2, 0) is 0 Å². The predicted octanol–water partition coefficient (Wildman–Crippen LogP) is 0.601. The first-order valence-electron chi connectivity index (χ1n) is 3.42. The highest BCUT2D eigenvalue weighted by atomic mass is 16.5. The normalized spacial score (nSPS) is 9.31. The van der Waals surface area contributed by atoms with Crippen LogP contribution in [0.25, 0.3) is 0 Å². The van der Waals surface area contributed by atoms with Crippen molar-refractivity contribution in [2.24, 2.45) is 0 Å². The molecule has 0 atom stereocenters. The first-order chi connectivity index (χ1) is 6.20. The van der Waals surface area contributed by atoms with Crippen LogP contribution in [0.2, 0.25) is 0 Å². The van der Waals surface area contributed by atoms with Crippen LogP contribution in [0.5, 0.6) is 5.88 Å². The second-order valence-corrected chi connectivity index (χ2v) is 2.21. The number of pyridine rings is 1. The van der Waals surface area contributed by atoms with Gasteiger partial charge in [-0.15, -0.1) is 0 Å². The molecular weight excluding hydrogens is 174 g/mol. The van der Waals surface area contributed by atoms with Crippen molar-refractivity contribution in [2.45, 2.75) is 0 Å². The molecule has 1 N–H and O–H groups in total. The maximum Gasteiger partial charge on any atom is 0.341 e. The summed E-state index contributed by atoms with van der Waals surface area (Å²) in [6.07, 6.45) is 1.77. The maximum absolute atomic E-state index is 10.7. The summed E-state index contributed by atoms with van der Waals surface area (Å²) in [5.41, 5.74) is -0.153. The van der Waals surface area contributed by atoms with E-state index in [1.807, 2.05) is 0 Å². The molecule has 0 aliphatic heterocycles. The van der Waals surface area contributed by atoms with Crippen LogP contribution in [-0.4, -0.2) is 29.5 Å². The van der Waals surface area contributed by atoms with Crippen LogP contribution in [0.4, 0.5) is 0 Å². The predicted molar refractivity (Wildman–Crippen MR) is 43.1 cm³/mol.